The molecule has 0 atom stereocenters. The highest BCUT2D eigenvalue weighted by molar-refractivity contribution is 7.22. The number of aromatic nitrogens is 2. The zero-order valence-corrected chi connectivity index (χ0v) is 29.2. The number of nitrogens with zero attached hydrogens (tertiary/aromatic N) is 8. The lowest BCUT2D eigenvalue weighted by atomic mass is 10.1. The number of nitrogens with one attached hydrogen (secondary N) is 2. The van der Waals surface area contributed by atoms with Crippen LogP contribution in [0.25, 0.3) is 31.6 Å². The summed E-state index contributed by atoms with van der Waals surface area (Å²) in [6.45, 7) is 0. The van der Waals surface area contributed by atoms with Crippen molar-refractivity contribution in [3.8, 4) is 11.1 Å². The number of hydrazone groups is 2. The number of rotatable bonds is 9. The SMILES string of the molecule is c1csc(/C(N=Nc2ccc(-c3ccc(N=N/C(=N/Nc4nc5ccccc5s4)c4cccs4)cc3)cc2)=N/Nc2nc3ccccc3s2)c1. The fraction of sp³-hybridized carbons (Fsp3) is 0. The Hall–Kier alpha value is -5.80. The average molecular weight is 725 g/mol. The largest absolute Gasteiger partial charge is 0.250 e. The summed E-state index contributed by atoms with van der Waals surface area (Å²) in [4.78, 5) is 11.0. The standard InChI is InChI=1S/C36H24N10S4/c1-3-9-29-27(7-1)37-35(49-29)45-43-33(31-11-5-21-47-31)41-39-25-17-13-23(14-18-25)24-15-19-26(20-16-24)40-42-34(32-12-6-22-48-32)44-46-36-38-28-8-2-4-10-30(28)50-36/h1-22H,(H,37,45)(H,38,46)/b41-39?,42-40?,43-33-,44-34+. The molecule has 0 bridgehead atoms. The van der Waals surface area contributed by atoms with Crippen molar-refractivity contribution in [3.63, 3.8) is 0 Å². The van der Waals surface area contributed by atoms with Crippen molar-refractivity contribution in [2.24, 2.45) is 30.7 Å². The summed E-state index contributed by atoms with van der Waals surface area (Å²) in [7, 11) is 0. The molecule has 0 radical (unpaired) electrons. The first kappa shape index (κ1) is 31.5. The molecular weight excluding hydrogens is 701 g/mol. The van der Waals surface area contributed by atoms with Crippen LogP contribution in [-0.4, -0.2) is 21.6 Å². The van der Waals surface area contributed by atoms with Gasteiger partial charge in [0.25, 0.3) is 0 Å². The fourth-order valence-electron chi connectivity index (χ4n) is 4.76. The third-order valence-corrected chi connectivity index (χ3v) is 10.8. The second-order valence-electron chi connectivity index (χ2n) is 10.5. The Morgan fingerprint density at radius 1 is 0.480 bits per heavy atom. The molecule has 0 aliphatic heterocycles. The van der Waals surface area contributed by atoms with Crippen LogP contribution in [-0.2, 0) is 0 Å². The molecule has 8 aromatic rings. The summed E-state index contributed by atoms with van der Waals surface area (Å²) in [6.07, 6.45) is 0. The van der Waals surface area contributed by atoms with Crippen molar-refractivity contribution in [2.75, 3.05) is 10.9 Å². The number of para-hydroxylation sites is 2. The summed E-state index contributed by atoms with van der Waals surface area (Å²) >= 11 is 6.17. The molecule has 0 fully saturated rings. The molecule has 4 aromatic heterocycles. The second-order valence-corrected chi connectivity index (χ2v) is 14.5. The zero-order valence-electron chi connectivity index (χ0n) is 25.9. The Balaban J connectivity index is 0.944. The maximum atomic E-state index is 4.59. The van der Waals surface area contributed by atoms with Gasteiger partial charge in [0.1, 0.15) is 0 Å². The topological polar surface area (TPSA) is 124 Å². The van der Waals surface area contributed by atoms with E-state index in [0.717, 1.165) is 41.3 Å². The number of azo groups is 2. The van der Waals surface area contributed by atoms with Crippen molar-refractivity contribution in [1.82, 2.24) is 9.97 Å². The first-order valence-corrected chi connectivity index (χ1v) is 18.6. The monoisotopic (exact) mass is 724 g/mol. The van der Waals surface area contributed by atoms with Crippen molar-refractivity contribution < 1.29 is 0 Å². The Morgan fingerprint density at radius 2 is 0.920 bits per heavy atom. The third kappa shape index (κ3) is 7.43. The quantitative estimate of drug-likeness (QED) is 0.0665. The lowest BCUT2D eigenvalue weighted by molar-refractivity contribution is 1.22. The molecule has 0 amide bonds. The Labute approximate surface area is 302 Å². The second kappa shape index (κ2) is 14.8. The highest BCUT2D eigenvalue weighted by atomic mass is 32.1. The summed E-state index contributed by atoms with van der Waals surface area (Å²) < 4.78 is 2.18. The molecule has 0 saturated heterocycles. The van der Waals surface area contributed by atoms with Gasteiger partial charge in [0.05, 0.1) is 41.6 Å². The lowest BCUT2D eigenvalue weighted by Gasteiger charge is -2.03. The molecule has 10 nitrogen and oxygen atoms in total. The van der Waals surface area contributed by atoms with Crippen LogP contribution >= 0.6 is 45.3 Å². The zero-order chi connectivity index (χ0) is 33.5. The van der Waals surface area contributed by atoms with E-state index in [1.54, 1.807) is 22.7 Å². The van der Waals surface area contributed by atoms with E-state index >= 15 is 0 Å². The van der Waals surface area contributed by atoms with E-state index in [1.165, 1.54) is 22.7 Å². The molecule has 4 aromatic carbocycles. The third-order valence-electron chi connectivity index (χ3n) is 7.17. The van der Waals surface area contributed by atoms with Crippen molar-refractivity contribution in [3.05, 3.63) is 142 Å². The van der Waals surface area contributed by atoms with Gasteiger partial charge in [0.2, 0.25) is 21.9 Å². The van der Waals surface area contributed by atoms with Gasteiger partial charge < -0.3 is 0 Å². The van der Waals surface area contributed by atoms with Gasteiger partial charge in [-0.25, -0.2) is 9.97 Å². The molecule has 8 rings (SSSR count). The first-order valence-electron chi connectivity index (χ1n) is 15.2. The molecule has 0 saturated carbocycles. The number of amidine groups is 2. The summed E-state index contributed by atoms with van der Waals surface area (Å²) in [6, 6.07) is 39.6. The number of thiazole rings is 2. The molecule has 14 heteroatoms. The van der Waals surface area contributed by atoms with E-state index in [4.69, 9.17) is 0 Å². The number of fused-ring (bicyclic) bond motifs is 2. The highest BCUT2D eigenvalue weighted by Gasteiger charge is 2.09. The number of hydrogen-bond donors (Lipinski definition) is 2. The Bertz CT molecular complexity index is 2230. The van der Waals surface area contributed by atoms with Gasteiger partial charge in [0.15, 0.2) is 0 Å². The normalized spacial score (nSPS) is 12.5. The van der Waals surface area contributed by atoms with Gasteiger partial charge in [-0.15, -0.1) is 53.3 Å². The average Bonchev–Trinajstić information content (AvgIpc) is 3.99. The maximum Gasteiger partial charge on any atom is 0.211 e. The maximum absolute atomic E-state index is 4.59. The van der Waals surface area contributed by atoms with Crippen LogP contribution in [0.4, 0.5) is 21.6 Å². The molecule has 242 valence electrons. The van der Waals surface area contributed by atoms with Crippen molar-refractivity contribution >= 4 is 99.1 Å². The van der Waals surface area contributed by atoms with E-state index in [9.17, 15) is 0 Å². The van der Waals surface area contributed by atoms with Gasteiger partial charge in [-0.05, 0) is 82.6 Å². The summed E-state index contributed by atoms with van der Waals surface area (Å²) in [5.74, 6) is 0.959. The fourth-order valence-corrected chi connectivity index (χ4v) is 7.68. The Morgan fingerprint density at radius 3 is 1.32 bits per heavy atom. The van der Waals surface area contributed by atoms with E-state index in [-0.39, 0.29) is 0 Å². The van der Waals surface area contributed by atoms with Gasteiger partial charge in [-0.3, -0.25) is 10.9 Å². The molecular formula is C36H24N10S4. The predicted octanol–water partition coefficient (Wildman–Crippen LogP) is 11.8. The van der Waals surface area contributed by atoms with Crippen LogP contribution in [0.5, 0.6) is 0 Å². The van der Waals surface area contributed by atoms with Crippen LogP contribution < -0.4 is 10.9 Å². The smallest absolute Gasteiger partial charge is 0.211 e. The Kier molecular flexibility index (Phi) is 9.29. The number of anilines is 2. The predicted molar refractivity (Wildman–Crippen MR) is 209 cm³/mol. The van der Waals surface area contributed by atoms with Gasteiger partial charge in [-0.1, -0.05) is 83.3 Å². The van der Waals surface area contributed by atoms with Crippen molar-refractivity contribution in [2.45, 2.75) is 0 Å². The minimum absolute atomic E-state index is 0.480. The number of thiophene rings is 2. The van der Waals surface area contributed by atoms with Crippen LogP contribution in [0.1, 0.15) is 9.75 Å². The minimum Gasteiger partial charge on any atom is -0.250 e. The van der Waals surface area contributed by atoms with Gasteiger partial charge in [0, 0.05) is 0 Å². The molecule has 4 heterocycles. The van der Waals surface area contributed by atoms with Crippen LogP contribution in [0.3, 0.4) is 0 Å². The van der Waals surface area contributed by atoms with E-state index < -0.39 is 0 Å². The lowest BCUT2D eigenvalue weighted by Crippen LogP contribution is -1.98. The molecule has 0 unspecified atom stereocenters. The van der Waals surface area contributed by atoms with Gasteiger partial charge >= 0.3 is 0 Å². The van der Waals surface area contributed by atoms with E-state index in [0.29, 0.717) is 33.3 Å². The van der Waals surface area contributed by atoms with Crippen LogP contribution in [0.2, 0.25) is 0 Å². The van der Waals surface area contributed by atoms with Crippen LogP contribution in [0.15, 0.2) is 163 Å². The molecule has 0 spiro atoms. The molecule has 0 aliphatic carbocycles. The van der Waals surface area contributed by atoms with Crippen molar-refractivity contribution in [1.29, 1.82) is 0 Å². The first-order chi connectivity index (χ1) is 24.7. The number of benzene rings is 4. The van der Waals surface area contributed by atoms with Gasteiger partial charge in [-0.2, -0.15) is 0 Å². The molecule has 50 heavy (non-hydrogen) atoms. The minimum atomic E-state index is 0.480. The number of hydrogen-bond acceptors (Lipinski definition) is 12. The molecule has 2 N–H and O–H groups in total. The molecule has 0 aliphatic rings. The summed E-state index contributed by atoms with van der Waals surface area (Å²) in [5, 5.41) is 32.3. The van der Waals surface area contributed by atoms with E-state index in [2.05, 4.69) is 51.5 Å². The van der Waals surface area contributed by atoms with Crippen LogP contribution in [0, 0.1) is 0 Å². The highest BCUT2D eigenvalue weighted by Crippen LogP contribution is 2.29. The summed E-state index contributed by atoms with van der Waals surface area (Å²) in [5.41, 5.74) is 11.5. The van der Waals surface area contributed by atoms with E-state index in [1.807, 2.05) is 132 Å².